The van der Waals surface area contributed by atoms with Crippen LogP contribution in [-0.4, -0.2) is 12.5 Å². The third-order valence-corrected chi connectivity index (χ3v) is 3.87. The minimum Gasteiger partial charge on any atom is -0.495 e. The smallest absolute Gasteiger partial charge is 0.137 e. The second kappa shape index (κ2) is 4.63. The summed E-state index contributed by atoms with van der Waals surface area (Å²) in [5, 5.41) is 0.918. The van der Waals surface area contributed by atoms with E-state index in [0.717, 1.165) is 12.2 Å². The SMILES string of the molecule is COc1cc(C2CCCC2Cl)ccc1Cl. The predicted molar refractivity (Wildman–Crippen MR) is 64.2 cm³/mol. The molecule has 3 heteroatoms. The number of rotatable bonds is 2. The molecule has 0 amide bonds. The molecular weight excluding hydrogens is 231 g/mol. The van der Waals surface area contributed by atoms with Gasteiger partial charge in [0.15, 0.2) is 0 Å². The van der Waals surface area contributed by atoms with E-state index in [0.29, 0.717) is 10.9 Å². The van der Waals surface area contributed by atoms with Crippen LogP contribution in [0.1, 0.15) is 30.7 Å². The minimum absolute atomic E-state index is 0.260. The van der Waals surface area contributed by atoms with Crippen LogP contribution in [-0.2, 0) is 0 Å². The first-order chi connectivity index (χ1) is 7.22. The van der Waals surface area contributed by atoms with Crippen molar-refractivity contribution in [2.45, 2.75) is 30.6 Å². The second-order valence-corrected chi connectivity index (χ2v) is 4.92. The van der Waals surface area contributed by atoms with E-state index in [1.807, 2.05) is 12.1 Å². The third kappa shape index (κ3) is 2.24. The van der Waals surface area contributed by atoms with E-state index in [9.17, 15) is 0 Å². The molecule has 0 bridgehead atoms. The molecule has 1 saturated carbocycles. The number of ether oxygens (including phenoxy) is 1. The van der Waals surface area contributed by atoms with E-state index in [1.165, 1.54) is 18.4 Å². The highest BCUT2D eigenvalue weighted by molar-refractivity contribution is 6.32. The normalized spacial score (nSPS) is 25.5. The maximum absolute atomic E-state index is 6.27. The number of halogens is 2. The second-order valence-electron chi connectivity index (χ2n) is 3.95. The highest BCUT2D eigenvalue weighted by Gasteiger charge is 2.27. The molecule has 15 heavy (non-hydrogen) atoms. The van der Waals surface area contributed by atoms with Gasteiger partial charge in [-0.25, -0.2) is 0 Å². The van der Waals surface area contributed by atoms with E-state index >= 15 is 0 Å². The Morgan fingerprint density at radius 2 is 2.13 bits per heavy atom. The Morgan fingerprint density at radius 3 is 2.73 bits per heavy atom. The van der Waals surface area contributed by atoms with Crippen LogP contribution in [0.2, 0.25) is 5.02 Å². The van der Waals surface area contributed by atoms with Gasteiger partial charge in [-0.1, -0.05) is 24.1 Å². The van der Waals surface area contributed by atoms with E-state index in [4.69, 9.17) is 27.9 Å². The molecule has 0 heterocycles. The fraction of sp³-hybridized carbons (Fsp3) is 0.500. The number of benzene rings is 1. The van der Waals surface area contributed by atoms with Crippen molar-refractivity contribution in [2.24, 2.45) is 0 Å². The van der Waals surface area contributed by atoms with Gasteiger partial charge >= 0.3 is 0 Å². The molecule has 1 fully saturated rings. The highest BCUT2D eigenvalue weighted by atomic mass is 35.5. The van der Waals surface area contributed by atoms with Crippen molar-refractivity contribution in [1.82, 2.24) is 0 Å². The van der Waals surface area contributed by atoms with Gasteiger partial charge in [0, 0.05) is 11.3 Å². The standard InChI is InChI=1S/C12H14Cl2O/c1-15-12-7-8(5-6-11(12)14)9-3-2-4-10(9)13/h5-7,9-10H,2-4H2,1H3. The summed E-state index contributed by atoms with van der Waals surface area (Å²) in [5.41, 5.74) is 1.24. The van der Waals surface area contributed by atoms with Crippen molar-refractivity contribution >= 4 is 23.2 Å². The van der Waals surface area contributed by atoms with Gasteiger partial charge in [-0.3, -0.25) is 0 Å². The molecule has 0 N–H and O–H groups in total. The van der Waals surface area contributed by atoms with Crippen molar-refractivity contribution in [3.63, 3.8) is 0 Å². The van der Waals surface area contributed by atoms with Crippen LogP contribution in [0.25, 0.3) is 0 Å². The molecule has 0 aliphatic heterocycles. The topological polar surface area (TPSA) is 9.23 Å². The van der Waals surface area contributed by atoms with E-state index in [2.05, 4.69) is 6.07 Å². The average molecular weight is 245 g/mol. The fourth-order valence-corrected chi connectivity index (χ4v) is 2.82. The zero-order chi connectivity index (χ0) is 10.8. The van der Waals surface area contributed by atoms with E-state index < -0.39 is 0 Å². The van der Waals surface area contributed by atoms with Crippen molar-refractivity contribution in [2.75, 3.05) is 7.11 Å². The predicted octanol–water partition coefficient (Wildman–Crippen LogP) is 4.22. The first-order valence-corrected chi connectivity index (χ1v) is 6.01. The lowest BCUT2D eigenvalue weighted by Crippen LogP contribution is -2.05. The van der Waals surface area contributed by atoms with Crippen LogP contribution < -0.4 is 4.74 Å². The van der Waals surface area contributed by atoms with Gasteiger partial charge in [0.2, 0.25) is 0 Å². The largest absolute Gasteiger partial charge is 0.495 e. The van der Waals surface area contributed by atoms with Crippen molar-refractivity contribution in [3.8, 4) is 5.75 Å². The van der Waals surface area contributed by atoms with Gasteiger partial charge < -0.3 is 4.74 Å². The summed E-state index contributed by atoms with van der Waals surface area (Å²) >= 11 is 12.3. The van der Waals surface area contributed by atoms with E-state index in [1.54, 1.807) is 7.11 Å². The Kier molecular flexibility index (Phi) is 3.42. The lowest BCUT2D eigenvalue weighted by molar-refractivity contribution is 0.414. The number of methoxy groups -OCH3 is 1. The lowest BCUT2D eigenvalue weighted by Gasteiger charge is -2.15. The maximum Gasteiger partial charge on any atom is 0.137 e. The van der Waals surface area contributed by atoms with Gasteiger partial charge in [0.25, 0.3) is 0 Å². The summed E-state index contributed by atoms with van der Waals surface area (Å²) in [6.07, 6.45) is 3.49. The number of hydrogen-bond acceptors (Lipinski definition) is 1. The fourth-order valence-electron chi connectivity index (χ4n) is 2.20. The maximum atomic E-state index is 6.27. The van der Waals surface area contributed by atoms with Crippen LogP contribution in [0.15, 0.2) is 18.2 Å². The third-order valence-electron chi connectivity index (χ3n) is 3.03. The first kappa shape index (κ1) is 11.1. The molecule has 2 unspecified atom stereocenters. The van der Waals surface area contributed by atoms with Gasteiger partial charge in [0.1, 0.15) is 5.75 Å². The van der Waals surface area contributed by atoms with Crippen molar-refractivity contribution in [1.29, 1.82) is 0 Å². The molecule has 0 saturated heterocycles. The quantitative estimate of drug-likeness (QED) is 0.708. The summed E-state index contributed by atoms with van der Waals surface area (Å²) in [6.45, 7) is 0. The number of hydrogen-bond donors (Lipinski definition) is 0. The molecule has 1 aromatic rings. The Balaban J connectivity index is 2.28. The van der Waals surface area contributed by atoms with Gasteiger partial charge in [-0.15, -0.1) is 11.6 Å². The molecule has 1 aromatic carbocycles. The van der Waals surface area contributed by atoms with Gasteiger partial charge in [0.05, 0.1) is 12.1 Å². The van der Waals surface area contributed by atoms with Crippen LogP contribution in [0.5, 0.6) is 5.75 Å². The van der Waals surface area contributed by atoms with Gasteiger partial charge in [-0.05, 0) is 30.5 Å². The zero-order valence-corrected chi connectivity index (χ0v) is 10.2. The Bertz CT molecular complexity index is 351. The lowest BCUT2D eigenvalue weighted by atomic mass is 9.97. The molecule has 1 aliphatic rings. The minimum atomic E-state index is 0.260. The van der Waals surface area contributed by atoms with Crippen molar-refractivity contribution in [3.05, 3.63) is 28.8 Å². The summed E-state index contributed by atoms with van der Waals surface area (Å²) < 4.78 is 5.21. The van der Waals surface area contributed by atoms with Crippen LogP contribution in [0.4, 0.5) is 0 Å². The van der Waals surface area contributed by atoms with Crippen LogP contribution in [0.3, 0.4) is 0 Å². The zero-order valence-electron chi connectivity index (χ0n) is 8.67. The number of alkyl halides is 1. The average Bonchev–Trinajstić information content (AvgIpc) is 2.65. The molecule has 82 valence electrons. The summed E-state index contributed by atoms with van der Waals surface area (Å²) in [4.78, 5) is 0. The van der Waals surface area contributed by atoms with Gasteiger partial charge in [-0.2, -0.15) is 0 Å². The molecular formula is C12H14Cl2O. The molecule has 2 atom stereocenters. The summed E-state index contributed by atoms with van der Waals surface area (Å²) in [6, 6.07) is 5.95. The Morgan fingerprint density at radius 1 is 1.33 bits per heavy atom. The first-order valence-electron chi connectivity index (χ1n) is 5.20. The Hall–Kier alpha value is -0.400. The van der Waals surface area contributed by atoms with Crippen LogP contribution in [0, 0.1) is 0 Å². The molecule has 1 nitrogen and oxygen atoms in total. The summed E-state index contributed by atoms with van der Waals surface area (Å²) in [7, 11) is 1.64. The molecule has 0 radical (unpaired) electrons. The van der Waals surface area contributed by atoms with E-state index in [-0.39, 0.29) is 5.38 Å². The molecule has 2 rings (SSSR count). The Labute approximate surface area is 100 Å². The summed E-state index contributed by atoms with van der Waals surface area (Å²) in [5.74, 6) is 1.20. The molecule has 1 aliphatic carbocycles. The molecule has 0 aromatic heterocycles. The monoisotopic (exact) mass is 244 g/mol. The molecule has 0 spiro atoms. The van der Waals surface area contributed by atoms with Crippen molar-refractivity contribution < 1.29 is 4.74 Å². The highest BCUT2D eigenvalue weighted by Crippen LogP contribution is 2.40. The van der Waals surface area contributed by atoms with Crippen LogP contribution >= 0.6 is 23.2 Å².